The zero-order chi connectivity index (χ0) is 7.98. The monoisotopic (exact) mass is 182 g/mol. The first-order valence-electron chi connectivity index (χ1n) is 2.75. The highest BCUT2D eigenvalue weighted by molar-refractivity contribution is 5.85. The van der Waals surface area contributed by atoms with Crippen molar-refractivity contribution in [3.8, 4) is 0 Å². The summed E-state index contributed by atoms with van der Waals surface area (Å²) in [7, 11) is 0. The number of nitrogens with two attached hydrogens (primary N) is 1. The van der Waals surface area contributed by atoms with Crippen LogP contribution in [0.3, 0.4) is 0 Å². The molecule has 0 aliphatic heterocycles. The molecule has 0 aromatic rings. The summed E-state index contributed by atoms with van der Waals surface area (Å²) in [6.45, 7) is 1.33. The van der Waals surface area contributed by atoms with Gasteiger partial charge in [0.05, 0.1) is 6.54 Å². The van der Waals surface area contributed by atoms with E-state index in [0.29, 0.717) is 0 Å². The summed E-state index contributed by atoms with van der Waals surface area (Å²) in [6.07, 6.45) is 0. The number of nitrogens with one attached hydrogen (secondary N) is 1. The maximum Gasteiger partial charge on any atom is 0.303 e. The molecule has 3 N–H and O–H groups in total. The third-order valence-electron chi connectivity index (χ3n) is 0.677. The summed E-state index contributed by atoms with van der Waals surface area (Å²) in [5, 5.41) is 2.50. The second-order valence-electron chi connectivity index (χ2n) is 1.67. The van der Waals surface area contributed by atoms with E-state index in [1.54, 1.807) is 0 Å². The van der Waals surface area contributed by atoms with Crippen LogP contribution >= 0.6 is 12.4 Å². The van der Waals surface area contributed by atoms with Crippen LogP contribution in [0, 0.1) is 0 Å². The number of halogens is 1. The van der Waals surface area contributed by atoms with Crippen LogP contribution in [0.1, 0.15) is 6.92 Å². The summed E-state index contributed by atoms with van der Waals surface area (Å²) in [6, 6.07) is 0. The first kappa shape index (κ1) is 12.8. The second-order valence-corrected chi connectivity index (χ2v) is 1.67. The van der Waals surface area contributed by atoms with E-state index in [0.717, 1.165) is 0 Å². The van der Waals surface area contributed by atoms with Crippen LogP contribution < -0.4 is 11.1 Å². The van der Waals surface area contributed by atoms with Crippen LogP contribution in [-0.2, 0) is 14.3 Å². The van der Waals surface area contributed by atoms with E-state index in [4.69, 9.17) is 5.73 Å². The van der Waals surface area contributed by atoms with Gasteiger partial charge in [-0.3, -0.25) is 14.9 Å². The fraction of sp³-hybridized carbons (Fsp3) is 0.600. The topological polar surface area (TPSA) is 81.4 Å². The molecule has 5 nitrogen and oxygen atoms in total. The number of hydrogen-bond donors (Lipinski definition) is 2. The van der Waals surface area contributed by atoms with Gasteiger partial charge in [-0.05, 0) is 0 Å². The SMILES string of the molecule is CC(=O)OCNCC(N)=O.Cl. The first-order chi connectivity index (χ1) is 4.63. The van der Waals surface area contributed by atoms with E-state index < -0.39 is 11.9 Å². The molecule has 0 aliphatic carbocycles. The Morgan fingerprint density at radius 1 is 1.55 bits per heavy atom. The van der Waals surface area contributed by atoms with Gasteiger partial charge in [0.2, 0.25) is 5.91 Å². The lowest BCUT2D eigenvalue weighted by atomic mass is 10.6. The molecule has 6 heteroatoms. The van der Waals surface area contributed by atoms with Crippen LogP contribution in [-0.4, -0.2) is 25.2 Å². The molecule has 0 unspecified atom stereocenters. The van der Waals surface area contributed by atoms with Gasteiger partial charge in [-0.1, -0.05) is 0 Å². The molecule has 0 aromatic carbocycles. The predicted molar refractivity (Wildman–Crippen MR) is 41.1 cm³/mol. The average molecular weight is 183 g/mol. The Morgan fingerprint density at radius 2 is 2.09 bits per heavy atom. The van der Waals surface area contributed by atoms with Gasteiger partial charge in [-0.2, -0.15) is 0 Å². The van der Waals surface area contributed by atoms with Crippen molar-refractivity contribution in [2.24, 2.45) is 5.73 Å². The smallest absolute Gasteiger partial charge is 0.303 e. The van der Waals surface area contributed by atoms with Crippen molar-refractivity contribution in [3.05, 3.63) is 0 Å². The summed E-state index contributed by atoms with van der Waals surface area (Å²) in [4.78, 5) is 20.2. The molecule has 0 heterocycles. The van der Waals surface area contributed by atoms with Gasteiger partial charge in [0, 0.05) is 6.92 Å². The van der Waals surface area contributed by atoms with E-state index >= 15 is 0 Å². The Hall–Kier alpha value is -0.810. The lowest BCUT2D eigenvalue weighted by Crippen LogP contribution is -2.30. The van der Waals surface area contributed by atoms with Crippen molar-refractivity contribution >= 4 is 24.3 Å². The Balaban J connectivity index is 0. The van der Waals surface area contributed by atoms with Gasteiger partial charge >= 0.3 is 5.97 Å². The molecular weight excluding hydrogens is 172 g/mol. The molecule has 0 aliphatic rings. The number of ether oxygens (including phenoxy) is 1. The standard InChI is InChI=1S/C5H10N2O3.ClH/c1-4(8)10-3-7-2-5(6)9;/h7H,2-3H2,1H3,(H2,6,9);1H. The molecule has 0 bridgehead atoms. The van der Waals surface area contributed by atoms with Gasteiger partial charge in [0.15, 0.2) is 0 Å². The fourth-order valence-electron chi connectivity index (χ4n) is 0.327. The molecule has 0 fully saturated rings. The van der Waals surface area contributed by atoms with E-state index in [1.807, 2.05) is 0 Å². The van der Waals surface area contributed by atoms with Gasteiger partial charge in [0.25, 0.3) is 0 Å². The highest BCUT2D eigenvalue weighted by Gasteiger charge is 1.93. The Labute approximate surface area is 70.7 Å². The number of primary amides is 1. The maximum atomic E-state index is 10.1. The van der Waals surface area contributed by atoms with Gasteiger partial charge < -0.3 is 10.5 Å². The van der Waals surface area contributed by atoms with Crippen molar-refractivity contribution in [2.75, 3.05) is 13.3 Å². The highest BCUT2D eigenvalue weighted by atomic mass is 35.5. The molecule has 0 aromatic heterocycles. The lowest BCUT2D eigenvalue weighted by Gasteiger charge is -2.00. The first-order valence-corrected chi connectivity index (χ1v) is 2.75. The number of amides is 1. The summed E-state index contributed by atoms with van der Waals surface area (Å²) in [5.74, 6) is -0.871. The Morgan fingerprint density at radius 3 is 2.45 bits per heavy atom. The minimum atomic E-state index is -0.479. The Kier molecular flexibility index (Phi) is 8.51. The van der Waals surface area contributed by atoms with Crippen molar-refractivity contribution in [1.82, 2.24) is 5.32 Å². The van der Waals surface area contributed by atoms with Gasteiger partial charge in [0.1, 0.15) is 6.73 Å². The minimum absolute atomic E-state index is 0. The maximum absolute atomic E-state index is 10.1. The van der Waals surface area contributed by atoms with Crippen LogP contribution in [0.5, 0.6) is 0 Å². The summed E-state index contributed by atoms with van der Waals surface area (Å²) >= 11 is 0. The largest absolute Gasteiger partial charge is 0.450 e. The molecule has 66 valence electrons. The third-order valence-corrected chi connectivity index (χ3v) is 0.677. The van der Waals surface area contributed by atoms with Crippen molar-refractivity contribution in [2.45, 2.75) is 6.92 Å². The lowest BCUT2D eigenvalue weighted by molar-refractivity contribution is -0.142. The summed E-state index contributed by atoms with van der Waals surface area (Å²) in [5.41, 5.74) is 4.77. The zero-order valence-electron chi connectivity index (χ0n) is 6.12. The third kappa shape index (κ3) is 12.4. The van der Waals surface area contributed by atoms with Crippen LogP contribution in [0.4, 0.5) is 0 Å². The predicted octanol–water partition coefficient (Wildman–Crippen LogP) is -0.996. The second kappa shape index (κ2) is 7.30. The number of carbonyl (C=O) groups excluding carboxylic acids is 2. The molecule has 1 amide bonds. The Bertz CT molecular complexity index is 124. The molecule has 0 spiro atoms. The van der Waals surface area contributed by atoms with Gasteiger partial charge in [-0.25, -0.2) is 0 Å². The molecule has 11 heavy (non-hydrogen) atoms. The van der Waals surface area contributed by atoms with Gasteiger partial charge in [-0.15, -0.1) is 12.4 Å². The summed E-state index contributed by atoms with van der Waals surface area (Å²) < 4.78 is 4.43. The molecule has 0 atom stereocenters. The van der Waals surface area contributed by atoms with Crippen molar-refractivity contribution < 1.29 is 14.3 Å². The quantitative estimate of drug-likeness (QED) is 0.332. The number of carbonyl (C=O) groups is 2. The molecule has 0 saturated carbocycles. The average Bonchev–Trinajstić information content (AvgIpc) is 1.79. The highest BCUT2D eigenvalue weighted by Crippen LogP contribution is 1.70. The zero-order valence-corrected chi connectivity index (χ0v) is 6.94. The van der Waals surface area contributed by atoms with Crippen molar-refractivity contribution in [3.63, 3.8) is 0 Å². The van der Waals surface area contributed by atoms with E-state index in [1.165, 1.54) is 6.92 Å². The van der Waals surface area contributed by atoms with E-state index in [9.17, 15) is 9.59 Å². The van der Waals surface area contributed by atoms with E-state index in [2.05, 4.69) is 10.1 Å². The number of rotatable bonds is 4. The molecule has 0 radical (unpaired) electrons. The molecule has 0 saturated heterocycles. The van der Waals surface area contributed by atoms with Crippen molar-refractivity contribution in [1.29, 1.82) is 0 Å². The minimum Gasteiger partial charge on any atom is -0.450 e. The van der Waals surface area contributed by atoms with Crippen LogP contribution in [0.15, 0.2) is 0 Å². The number of hydrogen-bond acceptors (Lipinski definition) is 4. The fourth-order valence-corrected chi connectivity index (χ4v) is 0.327. The molecule has 0 rings (SSSR count). The normalized spacial score (nSPS) is 8.09. The van der Waals surface area contributed by atoms with E-state index in [-0.39, 0.29) is 25.7 Å². The van der Waals surface area contributed by atoms with Crippen LogP contribution in [0.2, 0.25) is 0 Å². The molecular formula is C5H11ClN2O3. The van der Waals surface area contributed by atoms with Crippen LogP contribution in [0.25, 0.3) is 0 Å². The number of esters is 1.